The van der Waals surface area contributed by atoms with Crippen LogP contribution in [0.3, 0.4) is 0 Å². The summed E-state index contributed by atoms with van der Waals surface area (Å²) in [6, 6.07) is 4.10. The molecule has 1 unspecified atom stereocenters. The first-order valence-corrected chi connectivity index (χ1v) is 6.28. The Morgan fingerprint density at radius 3 is 3.00 bits per heavy atom. The Labute approximate surface area is 119 Å². The summed E-state index contributed by atoms with van der Waals surface area (Å²) in [5.41, 5.74) is 0.185. The fourth-order valence-electron chi connectivity index (χ4n) is 1.85. The minimum Gasteiger partial charge on any atom is -0.481 e. The highest BCUT2D eigenvalue weighted by Gasteiger charge is 2.17. The molecule has 1 aromatic heterocycles. The Balaban J connectivity index is 2.28. The first-order valence-electron chi connectivity index (χ1n) is 5.90. The molecule has 1 heterocycles. The second-order valence-electron chi connectivity index (χ2n) is 4.51. The number of aliphatic carboxylic acids is 1. The van der Waals surface area contributed by atoms with Gasteiger partial charge in [0, 0.05) is 18.0 Å². The van der Waals surface area contributed by atoms with Crippen LogP contribution in [-0.2, 0) is 11.3 Å². The summed E-state index contributed by atoms with van der Waals surface area (Å²) in [5, 5.41) is 20.2. The van der Waals surface area contributed by atoms with Crippen LogP contribution in [0.4, 0.5) is 4.39 Å². The number of tetrazole rings is 1. The number of aromatic nitrogens is 4. The monoisotopic (exact) mass is 298 g/mol. The number of benzene rings is 1. The van der Waals surface area contributed by atoms with Crippen LogP contribution < -0.4 is 0 Å². The number of hydrogen-bond acceptors (Lipinski definition) is 4. The smallest absolute Gasteiger partial charge is 0.303 e. The number of carboxylic acids is 1. The number of nitrogens with zero attached hydrogens (tertiary/aromatic N) is 4. The highest BCUT2D eigenvalue weighted by atomic mass is 35.5. The van der Waals surface area contributed by atoms with E-state index in [1.807, 2.05) is 0 Å². The minimum atomic E-state index is -0.902. The van der Waals surface area contributed by atoms with Crippen LogP contribution in [0.1, 0.15) is 13.3 Å². The second kappa shape index (κ2) is 5.96. The van der Waals surface area contributed by atoms with E-state index in [2.05, 4.69) is 15.5 Å². The van der Waals surface area contributed by atoms with E-state index in [0.717, 1.165) is 0 Å². The average molecular weight is 299 g/mol. The van der Waals surface area contributed by atoms with Crippen LogP contribution >= 0.6 is 11.6 Å². The molecule has 0 saturated carbocycles. The topological polar surface area (TPSA) is 80.9 Å². The fraction of sp³-hybridized carbons (Fsp3) is 0.333. The number of hydrogen-bond donors (Lipinski definition) is 1. The van der Waals surface area contributed by atoms with Crippen LogP contribution in [-0.4, -0.2) is 31.3 Å². The SMILES string of the molecule is CC(CC(=O)O)Cn1nnnc1-c1cc(Cl)ccc1F. The first-order chi connectivity index (χ1) is 9.47. The zero-order valence-corrected chi connectivity index (χ0v) is 11.4. The minimum absolute atomic E-state index is 0.0165. The third kappa shape index (κ3) is 3.30. The Morgan fingerprint density at radius 1 is 1.55 bits per heavy atom. The van der Waals surface area contributed by atoms with Crippen molar-refractivity contribution in [3.8, 4) is 11.4 Å². The van der Waals surface area contributed by atoms with Crippen LogP contribution in [0.15, 0.2) is 18.2 Å². The van der Waals surface area contributed by atoms with Gasteiger partial charge in [0.1, 0.15) is 5.82 Å². The third-order valence-corrected chi connectivity index (χ3v) is 2.94. The van der Waals surface area contributed by atoms with Gasteiger partial charge in [-0.25, -0.2) is 9.07 Å². The number of carbonyl (C=O) groups is 1. The van der Waals surface area contributed by atoms with Gasteiger partial charge in [-0.3, -0.25) is 4.79 Å². The lowest BCUT2D eigenvalue weighted by Crippen LogP contribution is -2.14. The summed E-state index contributed by atoms with van der Waals surface area (Å²) in [4.78, 5) is 10.7. The molecule has 2 rings (SSSR count). The van der Waals surface area contributed by atoms with Crippen LogP contribution in [0, 0.1) is 11.7 Å². The van der Waals surface area contributed by atoms with E-state index in [0.29, 0.717) is 5.02 Å². The summed E-state index contributed by atoms with van der Waals surface area (Å²) in [7, 11) is 0. The lowest BCUT2D eigenvalue weighted by atomic mass is 10.1. The maximum Gasteiger partial charge on any atom is 0.303 e. The molecule has 6 nitrogen and oxygen atoms in total. The zero-order valence-electron chi connectivity index (χ0n) is 10.6. The van der Waals surface area contributed by atoms with Gasteiger partial charge in [0.2, 0.25) is 0 Å². The van der Waals surface area contributed by atoms with Crippen molar-refractivity contribution in [3.05, 3.63) is 29.0 Å². The molecular weight excluding hydrogens is 287 g/mol. The summed E-state index contributed by atoms with van der Waals surface area (Å²) < 4.78 is 15.2. The molecule has 8 heteroatoms. The molecule has 0 aliphatic carbocycles. The predicted octanol–water partition coefficient (Wildman–Crippen LogP) is 2.24. The average Bonchev–Trinajstić information content (AvgIpc) is 2.79. The van der Waals surface area contributed by atoms with Gasteiger partial charge >= 0.3 is 5.97 Å². The molecule has 1 aromatic carbocycles. The molecule has 0 bridgehead atoms. The van der Waals surface area contributed by atoms with E-state index in [1.165, 1.54) is 22.9 Å². The second-order valence-corrected chi connectivity index (χ2v) is 4.95. The Kier molecular flexibility index (Phi) is 4.29. The quantitative estimate of drug-likeness (QED) is 0.915. The van der Waals surface area contributed by atoms with Gasteiger partial charge < -0.3 is 5.11 Å². The molecule has 2 aromatic rings. The standard InChI is InChI=1S/C12H12ClFN4O2/c1-7(4-11(19)20)6-18-12(15-16-17-18)9-5-8(13)2-3-10(9)14/h2-3,5,7H,4,6H2,1H3,(H,19,20). The molecule has 20 heavy (non-hydrogen) atoms. The third-order valence-electron chi connectivity index (χ3n) is 2.71. The fourth-order valence-corrected chi connectivity index (χ4v) is 2.02. The summed E-state index contributed by atoms with van der Waals surface area (Å²) >= 11 is 5.84. The van der Waals surface area contributed by atoms with Gasteiger partial charge in [-0.05, 0) is 34.5 Å². The molecular formula is C12H12ClFN4O2. The molecule has 1 N–H and O–H groups in total. The van der Waals surface area contributed by atoms with Gasteiger partial charge in [-0.2, -0.15) is 0 Å². The molecule has 1 atom stereocenters. The van der Waals surface area contributed by atoms with Crippen molar-refractivity contribution >= 4 is 17.6 Å². The Morgan fingerprint density at radius 2 is 2.30 bits per heavy atom. The van der Waals surface area contributed by atoms with Crippen molar-refractivity contribution < 1.29 is 14.3 Å². The molecule has 0 spiro atoms. The molecule has 0 saturated heterocycles. The Bertz CT molecular complexity index is 632. The first kappa shape index (κ1) is 14.4. The van der Waals surface area contributed by atoms with E-state index in [1.54, 1.807) is 6.92 Å². The van der Waals surface area contributed by atoms with Crippen molar-refractivity contribution in [3.63, 3.8) is 0 Å². The van der Waals surface area contributed by atoms with Crippen molar-refractivity contribution in [2.75, 3.05) is 0 Å². The van der Waals surface area contributed by atoms with Gasteiger partial charge in [0.15, 0.2) is 5.82 Å². The lowest BCUT2D eigenvalue weighted by molar-refractivity contribution is -0.138. The highest BCUT2D eigenvalue weighted by Crippen LogP contribution is 2.24. The maximum absolute atomic E-state index is 13.8. The highest BCUT2D eigenvalue weighted by molar-refractivity contribution is 6.30. The number of halogens is 2. The van der Waals surface area contributed by atoms with Crippen LogP contribution in [0.5, 0.6) is 0 Å². The van der Waals surface area contributed by atoms with E-state index in [4.69, 9.17) is 16.7 Å². The van der Waals surface area contributed by atoms with E-state index < -0.39 is 11.8 Å². The molecule has 0 fully saturated rings. The normalized spacial score (nSPS) is 12.3. The largest absolute Gasteiger partial charge is 0.481 e. The Hall–Kier alpha value is -2.02. The molecule has 0 amide bonds. The molecule has 0 aliphatic rings. The molecule has 0 aliphatic heterocycles. The van der Waals surface area contributed by atoms with E-state index in [-0.39, 0.29) is 30.3 Å². The van der Waals surface area contributed by atoms with E-state index in [9.17, 15) is 9.18 Å². The van der Waals surface area contributed by atoms with Crippen LogP contribution in [0.25, 0.3) is 11.4 Å². The zero-order chi connectivity index (χ0) is 14.7. The van der Waals surface area contributed by atoms with Crippen molar-refractivity contribution in [2.24, 2.45) is 5.92 Å². The van der Waals surface area contributed by atoms with Crippen molar-refractivity contribution in [1.29, 1.82) is 0 Å². The van der Waals surface area contributed by atoms with Crippen molar-refractivity contribution in [2.45, 2.75) is 19.9 Å². The number of carboxylic acid groups (broad SMARTS) is 1. The van der Waals surface area contributed by atoms with Crippen LogP contribution in [0.2, 0.25) is 5.02 Å². The van der Waals surface area contributed by atoms with Crippen molar-refractivity contribution in [1.82, 2.24) is 20.2 Å². The lowest BCUT2D eigenvalue weighted by Gasteiger charge is -2.10. The summed E-state index contributed by atoms with van der Waals surface area (Å²) in [6.45, 7) is 2.04. The maximum atomic E-state index is 13.8. The van der Waals surface area contributed by atoms with Gasteiger partial charge in [-0.1, -0.05) is 18.5 Å². The summed E-state index contributed by atoms with van der Waals surface area (Å²) in [6.07, 6.45) is -0.0165. The van der Waals surface area contributed by atoms with Gasteiger partial charge in [0.25, 0.3) is 0 Å². The van der Waals surface area contributed by atoms with Gasteiger partial charge in [0.05, 0.1) is 5.56 Å². The number of rotatable bonds is 5. The molecule has 106 valence electrons. The molecule has 0 radical (unpaired) electrons. The predicted molar refractivity (Wildman–Crippen MR) is 69.6 cm³/mol. The van der Waals surface area contributed by atoms with E-state index >= 15 is 0 Å². The van der Waals surface area contributed by atoms with Gasteiger partial charge in [-0.15, -0.1) is 5.10 Å². The summed E-state index contributed by atoms with van der Waals surface area (Å²) in [5.74, 6) is -1.35.